The fraction of sp³-hybridized carbons (Fsp3) is 0.625. The van der Waals surface area contributed by atoms with Gasteiger partial charge in [0.2, 0.25) is 0 Å². The first-order chi connectivity index (χ1) is 8.93. The van der Waals surface area contributed by atoms with Crippen LogP contribution in [0.1, 0.15) is 57.2 Å². The van der Waals surface area contributed by atoms with Gasteiger partial charge in [0.25, 0.3) is 0 Å². The number of hydrogen-bond donors (Lipinski definition) is 1. The third kappa shape index (κ3) is 3.24. The third-order valence-corrected chi connectivity index (χ3v) is 4.11. The third-order valence-electron chi connectivity index (χ3n) is 3.83. The Morgan fingerprint density at radius 1 is 1.26 bits per heavy atom. The second-order valence-corrected chi connectivity index (χ2v) is 6.74. The molecule has 1 aromatic rings. The summed E-state index contributed by atoms with van der Waals surface area (Å²) in [5, 5.41) is 4.30. The van der Waals surface area contributed by atoms with Crippen molar-refractivity contribution in [2.24, 2.45) is 0 Å². The zero-order chi connectivity index (χ0) is 14.0. The monoisotopic (exact) mass is 281 g/mol. The van der Waals surface area contributed by atoms with Crippen LogP contribution in [-0.2, 0) is 5.41 Å². The molecule has 0 radical (unpaired) electrons. The number of ether oxygens (including phenoxy) is 1. The number of nitrogens with one attached hydrogen (secondary N) is 1. The van der Waals surface area contributed by atoms with Crippen molar-refractivity contribution in [3.8, 4) is 5.75 Å². The zero-order valence-electron chi connectivity index (χ0n) is 12.3. The minimum absolute atomic E-state index is 0.0966. The molecule has 106 valence electrons. The Morgan fingerprint density at radius 2 is 2.00 bits per heavy atom. The number of rotatable bonds is 2. The van der Waals surface area contributed by atoms with Crippen molar-refractivity contribution < 1.29 is 4.74 Å². The molecular formula is C16H24ClNO. The second-order valence-electron chi connectivity index (χ2n) is 6.33. The van der Waals surface area contributed by atoms with Crippen molar-refractivity contribution in [2.75, 3.05) is 13.7 Å². The van der Waals surface area contributed by atoms with Crippen LogP contribution in [0.3, 0.4) is 0 Å². The van der Waals surface area contributed by atoms with Crippen molar-refractivity contribution in [1.29, 1.82) is 0 Å². The van der Waals surface area contributed by atoms with Crippen molar-refractivity contribution in [2.45, 2.75) is 51.5 Å². The van der Waals surface area contributed by atoms with E-state index in [-0.39, 0.29) is 5.41 Å². The van der Waals surface area contributed by atoms with E-state index in [2.05, 4.69) is 32.2 Å². The molecule has 0 spiro atoms. The van der Waals surface area contributed by atoms with Gasteiger partial charge in [-0.2, -0.15) is 0 Å². The molecule has 2 nitrogen and oxygen atoms in total. The summed E-state index contributed by atoms with van der Waals surface area (Å²) in [6.45, 7) is 7.71. The van der Waals surface area contributed by atoms with E-state index in [1.165, 1.54) is 24.0 Å². The molecule has 0 aliphatic carbocycles. The van der Waals surface area contributed by atoms with Gasteiger partial charge in [0, 0.05) is 11.6 Å². The average Bonchev–Trinajstić information content (AvgIpc) is 2.37. The van der Waals surface area contributed by atoms with Crippen molar-refractivity contribution in [3.05, 3.63) is 28.3 Å². The number of benzene rings is 1. The molecule has 1 fully saturated rings. The maximum Gasteiger partial charge on any atom is 0.142 e. The van der Waals surface area contributed by atoms with Crippen molar-refractivity contribution >= 4 is 11.6 Å². The molecule has 1 aliphatic rings. The Kier molecular flexibility index (Phi) is 4.42. The van der Waals surface area contributed by atoms with E-state index in [1.54, 1.807) is 7.11 Å². The predicted molar refractivity (Wildman–Crippen MR) is 81.3 cm³/mol. The Morgan fingerprint density at radius 3 is 2.53 bits per heavy atom. The predicted octanol–water partition coefficient (Wildman–Crippen LogP) is 4.46. The van der Waals surface area contributed by atoms with Crippen LogP contribution in [0.15, 0.2) is 12.1 Å². The fourth-order valence-electron chi connectivity index (χ4n) is 2.64. The summed E-state index contributed by atoms with van der Waals surface area (Å²) in [6.07, 6.45) is 3.67. The highest BCUT2D eigenvalue weighted by Gasteiger charge is 2.24. The van der Waals surface area contributed by atoms with E-state index in [4.69, 9.17) is 16.3 Å². The number of methoxy groups -OCH3 is 1. The Labute approximate surface area is 121 Å². The van der Waals surface area contributed by atoms with Gasteiger partial charge in [-0.05, 0) is 42.5 Å². The molecule has 3 heteroatoms. The van der Waals surface area contributed by atoms with Gasteiger partial charge in [-0.15, -0.1) is 0 Å². The molecule has 19 heavy (non-hydrogen) atoms. The average molecular weight is 282 g/mol. The highest BCUT2D eigenvalue weighted by Crippen LogP contribution is 2.39. The first-order valence-corrected chi connectivity index (χ1v) is 7.42. The van der Waals surface area contributed by atoms with Crippen molar-refractivity contribution in [1.82, 2.24) is 5.32 Å². The van der Waals surface area contributed by atoms with E-state index in [0.29, 0.717) is 6.04 Å². The van der Waals surface area contributed by atoms with Gasteiger partial charge in [-0.3, -0.25) is 0 Å². The maximum atomic E-state index is 6.41. The van der Waals surface area contributed by atoms with Gasteiger partial charge in [-0.25, -0.2) is 0 Å². The van der Waals surface area contributed by atoms with E-state index in [9.17, 15) is 0 Å². The molecule has 1 saturated heterocycles. The molecule has 1 unspecified atom stereocenters. The second kappa shape index (κ2) is 5.72. The Hall–Kier alpha value is -0.730. The van der Waals surface area contributed by atoms with Crippen LogP contribution < -0.4 is 10.1 Å². The summed E-state index contributed by atoms with van der Waals surface area (Å²) in [4.78, 5) is 0. The molecule has 0 saturated carbocycles. The Balaban J connectivity index is 2.46. The summed E-state index contributed by atoms with van der Waals surface area (Å²) in [5.41, 5.74) is 2.57. The van der Waals surface area contributed by atoms with E-state index in [0.717, 1.165) is 23.7 Å². The van der Waals surface area contributed by atoms with Crippen LogP contribution >= 0.6 is 11.6 Å². The quantitative estimate of drug-likeness (QED) is 0.864. The smallest absolute Gasteiger partial charge is 0.142 e. The van der Waals surface area contributed by atoms with Crippen LogP contribution in [-0.4, -0.2) is 13.7 Å². The van der Waals surface area contributed by atoms with E-state index < -0.39 is 0 Å². The standard InChI is InChI=1S/C16H24ClNO/c1-16(2,3)11-9-12(14-7-5-6-8-18-14)15(19-4)13(17)10-11/h9-10,14,18H,5-8H2,1-4H3. The lowest BCUT2D eigenvalue weighted by molar-refractivity contribution is 0.373. The SMILES string of the molecule is COc1c(Cl)cc(C(C)(C)C)cc1C1CCCCN1. The largest absolute Gasteiger partial charge is 0.495 e. The van der Waals surface area contributed by atoms with Crippen LogP contribution in [0.4, 0.5) is 0 Å². The topological polar surface area (TPSA) is 21.3 Å². The van der Waals surface area contributed by atoms with E-state index in [1.807, 2.05) is 6.07 Å². The van der Waals surface area contributed by atoms with Gasteiger partial charge in [-0.1, -0.05) is 38.8 Å². The summed E-state index contributed by atoms with van der Waals surface area (Å²) in [5.74, 6) is 0.828. The lowest BCUT2D eigenvalue weighted by Gasteiger charge is -2.28. The number of hydrogen-bond acceptors (Lipinski definition) is 2. The molecule has 0 amide bonds. The first kappa shape index (κ1) is 14.7. The lowest BCUT2D eigenvalue weighted by Crippen LogP contribution is -2.27. The van der Waals surface area contributed by atoms with Crippen LogP contribution in [0.25, 0.3) is 0 Å². The van der Waals surface area contributed by atoms with Crippen molar-refractivity contribution in [3.63, 3.8) is 0 Å². The number of piperidine rings is 1. The summed E-state index contributed by atoms with van der Waals surface area (Å²) in [7, 11) is 1.70. The molecule has 1 atom stereocenters. The van der Waals surface area contributed by atoms with Gasteiger partial charge in [0.05, 0.1) is 12.1 Å². The molecule has 1 aromatic carbocycles. The van der Waals surface area contributed by atoms with Crippen LogP contribution in [0.2, 0.25) is 5.02 Å². The van der Waals surface area contributed by atoms with Gasteiger partial charge >= 0.3 is 0 Å². The fourth-order valence-corrected chi connectivity index (χ4v) is 2.94. The highest BCUT2D eigenvalue weighted by atomic mass is 35.5. The summed E-state index contributed by atoms with van der Waals surface area (Å²) >= 11 is 6.41. The minimum atomic E-state index is 0.0966. The molecule has 1 heterocycles. The summed E-state index contributed by atoms with van der Waals surface area (Å²) < 4.78 is 5.53. The van der Waals surface area contributed by atoms with Gasteiger partial charge in [0.1, 0.15) is 5.75 Å². The molecule has 1 N–H and O–H groups in total. The van der Waals surface area contributed by atoms with E-state index >= 15 is 0 Å². The molecule has 0 bridgehead atoms. The summed E-state index contributed by atoms with van der Waals surface area (Å²) in [6, 6.07) is 4.66. The normalized spacial score (nSPS) is 20.4. The zero-order valence-corrected chi connectivity index (χ0v) is 13.1. The lowest BCUT2D eigenvalue weighted by atomic mass is 9.84. The van der Waals surface area contributed by atoms with Gasteiger partial charge in [0.15, 0.2) is 0 Å². The Bertz CT molecular complexity index is 445. The minimum Gasteiger partial charge on any atom is -0.495 e. The first-order valence-electron chi connectivity index (χ1n) is 7.05. The van der Waals surface area contributed by atoms with Crippen LogP contribution in [0, 0.1) is 0 Å². The van der Waals surface area contributed by atoms with Gasteiger partial charge < -0.3 is 10.1 Å². The molecule has 2 rings (SSSR count). The molecule has 1 aliphatic heterocycles. The number of halogens is 1. The van der Waals surface area contributed by atoms with Crippen LogP contribution in [0.5, 0.6) is 5.75 Å². The molecular weight excluding hydrogens is 258 g/mol. The highest BCUT2D eigenvalue weighted by molar-refractivity contribution is 6.32. The maximum absolute atomic E-state index is 6.41. The molecule has 0 aromatic heterocycles.